The molecule has 0 bridgehead atoms. The molecule has 170 valence electrons. The van der Waals surface area contributed by atoms with Gasteiger partial charge >= 0.3 is 0 Å². The van der Waals surface area contributed by atoms with Crippen molar-refractivity contribution in [2.75, 3.05) is 17.2 Å². The molecule has 4 aromatic rings. The van der Waals surface area contributed by atoms with Crippen LogP contribution in [0.5, 0.6) is 11.5 Å². The number of nitrogen functional groups attached to an aromatic ring is 1. The second-order valence-electron chi connectivity index (χ2n) is 8.11. The Bertz CT molecular complexity index is 1490. The monoisotopic (exact) mass is 475 g/mol. The quantitative estimate of drug-likeness (QED) is 0.378. The Balaban J connectivity index is 1.43. The molecular weight excluding hydrogens is 457 g/mol. The summed E-state index contributed by atoms with van der Waals surface area (Å²) in [7, 11) is 1.82. The first-order chi connectivity index (χ1) is 16.4. The van der Waals surface area contributed by atoms with Crippen LogP contribution in [0.15, 0.2) is 54.6 Å². The molecule has 0 spiro atoms. The summed E-state index contributed by atoms with van der Waals surface area (Å²) in [6.07, 6.45) is 0.300. The number of benzene rings is 3. The van der Waals surface area contributed by atoms with Gasteiger partial charge in [0, 0.05) is 37.0 Å². The molecule has 5 rings (SSSR count). The smallest absolute Gasteiger partial charge is 0.231 e. The zero-order valence-electron chi connectivity index (χ0n) is 18.1. The highest BCUT2D eigenvalue weighted by molar-refractivity contribution is 6.32. The Kier molecular flexibility index (Phi) is 5.34. The molecule has 9 heteroatoms. The summed E-state index contributed by atoms with van der Waals surface area (Å²) in [6, 6.07) is 15.0. The number of hydrogen-bond acceptors (Lipinski definition) is 4. The van der Waals surface area contributed by atoms with E-state index in [1.54, 1.807) is 21.7 Å². The maximum atomic E-state index is 14.3. The number of fused-ring (bicyclic) bond motifs is 1. The maximum absolute atomic E-state index is 14.3. The molecule has 0 aliphatic carbocycles. The number of hydrogen-bond donors (Lipinski definition) is 1. The number of carbonyl (C=O) groups is 1. The van der Waals surface area contributed by atoms with Gasteiger partial charge in [-0.15, -0.1) is 0 Å². The van der Waals surface area contributed by atoms with Crippen molar-refractivity contribution < 1.29 is 13.9 Å². The molecule has 1 atom stereocenters. The molecule has 1 saturated heterocycles. The highest BCUT2D eigenvalue weighted by Crippen LogP contribution is 2.40. The predicted octanol–water partition coefficient (Wildman–Crippen LogP) is 5.81. The number of anilines is 2. The number of aryl methyl sites for hydroxylation is 1. The molecule has 3 aromatic carbocycles. The topological polar surface area (TPSA) is 77.7 Å². The summed E-state index contributed by atoms with van der Waals surface area (Å²) < 4.78 is 21.7. The van der Waals surface area contributed by atoms with Crippen molar-refractivity contribution >= 4 is 45.6 Å². The number of para-hydroxylation sites is 1. The van der Waals surface area contributed by atoms with Crippen LogP contribution in [0.3, 0.4) is 0 Å². The summed E-state index contributed by atoms with van der Waals surface area (Å²) in [4.78, 5) is 17.9. The van der Waals surface area contributed by atoms with Gasteiger partial charge in [0.05, 0.1) is 17.1 Å². The summed E-state index contributed by atoms with van der Waals surface area (Å²) >= 11 is 6.30. The van der Waals surface area contributed by atoms with E-state index < -0.39 is 5.82 Å². The molecule has 2 N–H and O–H groups in total. The Morgan fingerprint density at radius 2 is 2.06 bits per heavy atom. The number of nitrogens with two attached hydrogens (primary N) is 1. The third kappa shape index (κ3) is 3.70. The molecule has 34 heavy (non-hydrogen) atoms. The third-order valence-corrected chi connectivity index (χ3v) is 6.32. The lowest BCUT2D eigenvalue weighted by Gasteiger charge is -2.18. The fourth-order valence-corrected chi connectivity index (χ4v) is 4.43. The van der Waals surface area contributed by atoms with Crippen molar-refractivity contribution in [3.8, 4) is 11.5 Å². The van der Waals surface area contributed by atoms with Crippen molar-refractivity contribution in [1.82, 2.24) is 9.78 Å². The minimum absolute atomic E-state index is 0.0198. The van der Waals surface area contributed by atoms with Crippen molar-refractivity contribution in [2.24, 2.45) is 7.05 Å². The van der Waals surface area contributed by atoms with E-state index in [-0.39, 0.29) is 34.0 Å². The lowest BCUT2D eigenvalue weighted by Crippen LogP contribution is -2.24. The molecule has 0 unspecified atom stereocenters. The van der Waals surface area contributed by atoms with Gasteiger partial charge in [-0.25, -0.2) is 9.24 Å². The van der Waals surface area contributed by atoms with Crippen LogP contribution in [-0.4, -0.2) is 22.2 Å². The Morgan fingerprint density at radius 1 is 1.24 bits per heavy atom. The summed E-state index contributed by atoms with van der Waals surface area (Å²) in [5.41, 5.74) is 8.53. The largest absolute Gasteiger partial charge is 0.464 e. The molecule has 1 fully saturated rings. The van der Waals surface area contributed by atoms with Crippen LogP contribution in [0.2, 0.25) is 5.02 Å². The highest BCUT2D eigenvalue weighted by atomic mass is 35.5. The molecular formula is C25H19ClFN5O2. The molecule has 1 aliphatic rings. The number of aromatic nitrogens is 2. The number of ether oxygens (including phenoxy) is 1. The van der Waals surface area contributed by atoms with E-state index in [2.05, 4.69) is 9.94 Å². The van der Waals surface area contributed by atoms with Crippen LogP contribution < -0.4 is 15.4 Å². The Hall–Kier alpha value is -4.09. The van der Waals surface area contributed by atoms with Gasteiger partial charge in [-0.3, -0.25) is 9.48 Å². The lowest BCUT2D eigenvalue weighted by atomic mass is 9.98. The maximum Gasteiger partial charge on any atom is 0.231 e. The first kappa shape index (κ1) is 21.7. The minimum atomic E-state index is -0.651. The number of amides is 1. The van der Waals surface area contributed by atoms with Crippen molar-refractivity contribution in [1.29, 1.82) is 0 Å². The summed E-state index contributed by atoms with van der Waals surface area (Å²) in [5.74, 6) is -0.326. The fraction of sp³-hybridized carbons (Fsp3) is 0.160. The van der Waals surface area contributed by atoms with Crippen LogP contribution in [0.4, 0.5) is 21.6 Å². The normalized spacial score (nSPS) is 15.6. The molecule has 0 saturated carbocycles. The van der Waals surface area contributed by atoms with Crippen LogP contribution in [0.25, 0.3) is 15.7 Å². The molecule has 1 amide bonds. The van der Waals surface area contributed by atoms with E-state index in [4.69, 9.17) is 28.6 Å². The van der Waals surface area contributed by atoms with E-state index in [9.17, 15) is 9.18 Å². The van der Waals surface area contributed by atoms with Gasteiger partial charge in [-0.1, -0.05) is 29.8 Å². The predicted molar refractivity (Wildman–Crippen MR) is 129 cm³/mol. The average molecular weight is 476 g/mol. The molecule has 1 aliphatic heterocycles. The lowest BCUT2D eigenvalue weighted by molar-refractivity contribution is -0.117. The van der Waals surface area contributed by atoms with E-state index >= 15 is 0 Å². The fourth-order valence-electron chi connectivity index (χ4n) is 4.28. The first-order valence-corrected chi connectivity index (χ1v) is 10.9. The standard InChI is InChI=1S/C25H19ClFN5O2/c1-29-20-5-3-4-19(27)24(20)34-22-10-14(6-8-18(22)26)15-11-23(33)32(13-15)16-7-9-21-17(12-16)25(28)30-31(21)2/h3-10,12,15H,11,13H2,2H3,(H2,28,30)/t15-/m0/s1. The third-order valence-electron chi connectivity index (χ3n) is 6.00. The van der Waals surface area contributed by atoms with Crippen LogP contribution in [-0.2, 0) is 11.8 Å². The second-order valence-corrected chi connectivity index (χ2v) is 8.51. The summed E-state index contributed by atoms with van der Waals surface area (Å²) in [5, 5.41) is 5.30. The number of nitrogens with zero attached hydrogens (tertiary/aromatic N) is 4. The Morgan fingerprint density at radius 3 is 2.85 bits per heavy atom. The van der Waals surface area contributed by atoms with E-state index in [0.717, 1.165) is 22.2 Å². The zero-order chi connectivity index (χ0) is 24.0. The SMILES string of the molecule is [C-]#[N+]c1cccc(F)c1Oc1cc([C@H]2CC(=O)N(c3ccc4c(c3)c(N)nn4C)C2)ccc1Cl. The molecule has 7 nitrogen and oxygen atoms in total. The first-order valence-electron chi connectivity index (χ1n) is 10.5. The zero-order valence-corrected chi connectivity index (χ0v) is 18.9. The van der Waals surface area contributed by atoms with Gasteiger partial charge in [-0.2, -0.15) is 5.10 Å². The van der Waals surface area contributed by atoms with Crippen molar-refractivity contribution in [3.05, 3.63) is 82.4 Å². The van der Waals surface area contributed by atoms with Crippen LogP contribution >= 0.6 is 11.6 Å². The van der Waals surface area contributed by atoms with Gasteiger partial charge in [0.1, 0.15) is 5.75 Å². The number of carbonyl (C=O) groups excluding carboxylic acids is 1. The van der Waals surface area contributed by atoms with Crippen molar-refractivity contribution in [2.45, 2.75) is 12.3 Å². The van der Waals surface area contributed by atoms with Gasteiger partial charge in [-0.05, 0) is 42.0 Å². The molecule has 1 aromatic heterocycles. The number of rotatable bonds is 4. The van der Waals surface area contributed by atoms with Crippen LogP contribution in [0, 0.1) is 12.4 Å². The Labute approximate surface area is 199 Å². The average Bonchev–Trinajstić information content (AvgIpc) is 3.35. The van der Waals surface area contributed by atoms with Gasteiger partial charge < -0.3 is 15.4 Å². The molecule has 2 heterocycles. The summed E-state index contributed by atoms with van der Waals surface area (Å²) in [6.45, 7) is 7.72. The van der Waals surface area contributed by atoms with E-state index in [0.29, 0.717) is 18.8 Å². The van der Waals surface area contributed by atoms with Crippen LogP contribution in [0.1, 0.15) is 17.9 Å². The second kappa shape index (κ2) is 8.36. The number of halogens is 2. The van der Waals surface area contributed by atoms with Gasteiger partial charge in [0.2, 0.25) is 11.6 Å². The van der Waals surface area contributed by atoms with Crippen molar-refractivity contribution in [3.63, 3.8) is 0 Å². The molecule has 0 radical (unpaired) electrons. The van der Waals surface area contributed by atoms with Gasteiger partial charge in [0.25, 0.3) is 0 Å². The van der Waals surface area contributed by atoms with E-state index in [1.165, 1.54) is 18.2 Å². The minimum Gasteiger partial charge on any atom is -0.464 e. The highest BCUT2D eigenvalue weighted by Gasteiger charge is 2.32. The van der Waals surface area contributed by atoms with E-state index in [1.807, 2.05) is 31.3 Å². The van der Waals surface area contributed by atoms with Gasteiger partial charge in [0.15, 0.2) is 17.4 Å².